The molecule has 0 bridgehead atoms. The van der Waals surface area contributed by atoms with Gasteiger partial charge in [-0.15, -0.1) is 0 Å². The van der Waals surface area contributed by atoms with Crippen LogP contribution < -0.4 is 5.32 Å². The Labute approximate surface area is 139 Å². The van der Waals surface area contributed by atoms with Crippen molar-refractivity contribution in [2.24, 2.45) is 0 Å². The predicted octanol–water partition coefficient (Wildman–Crippen LogP) is 4.91. The molecule has 1 amide bonds. The molecule has 0 fully saturated rings. The molecule has 0 heterocycles. The van der Waals surface area contributed by atoms with Crippen molar-refractivity contribution in [3.05, 3.63) is 69.2 Å². The van der Waals surface area contributed by atoms with Gasteiger partial charge < -0.3 is 10.1 Å². The van der Waals surface area contributed by atoms with Crippen LogP contribution >= 0.6 is 23.2 Å². The lowest BCUT2D eigenvalue weighted by Crippen LogP contribution is -2.25. The zero-order valence-corrected chi connectivity index (χ0v) is 13.3. The normalized spacial score (nSPS) is 16.2. The molecule has 0 spiro atoms. The maximum Gasteiger partial charge on any atom is 0.408 e. The molecule has 2 aromatic carbocycles. The minimum Gasteiger partial charge on any atom is -0.441 e. The highest BCUT2D eigenvalue weighted by molar-refractivity contribution is 6.42. The van der Waals surface area contributed by atoms with Crippen molar-refractivity contribution in [2.45, 2.75) is 25.5 Å². The van der Waals surface area contributed by atoms with Gasteiger partial charge in [0, 0.05) is 6.54 Å². The van der Waals surface area contributed by atoms with Crippen molar-refractivity contribution in [1.82, 2.24) is 5.32 Å². The average Bonchev–Trinajstić information content (AvgIpc) is 2.92. The molecule has 22 heavy (non-hydrogen) atoms. The summed E-state index contributed by atoms with van der Waals surface area (Å²) in [5.74, 6) is 0. The Morgan fingerprint density at radius 3 is 2.82 bits per heavy atom. The molecule has 114 valence electrons. The van der Waals surface area contributed by atoms with E-state index in [0.717, 1.165) is 24.0 Å². The molecule has 3 nitrogen and oxygen atoms in total. The van der Waals surface area contributed by atoms with Gasteiger partial charge in [-0.2, -0.15) is 0 Å². The molecule has 0 aliphatic heterocycles. The fourth-order valence-electron chi connectivity index (χ4n) is 2.64. The first-order valence-corrected chi connectivity index (χ1v) is 7.85. The van der Waals surface area contributed by atoms with Crippen LogP contribution in [-0.4, -0.2) is 6.09 Å². The zero-order valence-electron chi connectivity index (χ0n) is 11.8. The van der Waals surface area contributed by atoms with E-state index in [1.165, 1.54) is 5.56 Å². The van der Waals surface area contributed by atoms with E-state index in [1.807, 2.05) is 24.3 Å². The smallest absolute Gasteiger partial charge is 0.408 e. The Hall–Kier alpha value is -1.71. The summed E-state index contributed by atoms with van der Waals surface area (Å²) in [6, 6.07) is 13.3. The second-order valence-corrected chi connectivity index (χ2v) is 6.05. The van der Waals surface area contributed by atoms with Crippen LogP contribution in [0.1, 0.15) is 29.2 Å². The highest BCUT2D eigenvalue weighted by atomic mass is 35.5. The number of nitrogens with one attached hydrogen (secondary N) is 1. The number of alkyl carbamates (subject to hydrolysis) is 1. The number of amides is 1. The monoisotopic (exact) mass is 335 g/mol. The molecule has 0 aromatic heterocycles. The molecular formula is C17H15Cl2NO2. The van der Waals surface area contributed by atoms with Crippen molar-refractivity contribution >= 4 is 29.3 Å². The third kappa shape index (κ3) is 3.37. The lowest BCUT2D eigenvalue weighted by molar-refractivity contribution is 0.0978. The minimum atomic E-state index is -0.423. The van der Waals surface area contributed by atoms with Crippen LogP contribution in [0.2, 0.25) is 10.0 Å². The Morgan fingerprint density at radius 1 is 1.18 bits per heavy atom. The molecule has 1 aliphatic rings. The van der Waals surface area contributed by atoms with E-state index in [-0.39, 0.29) is 6.10 Å². The van der Waals surface area contributed by atoms with Crippen molar-refractivity contribution in [3.8, 4) is 0 Å². The molecule has 1 aliphatic carbocycles. The fraction of sp³-hybridized carbons (Fsp3) is 0.235. The van der Waals surface area contributed by atoms with Crippen molar-refractivity contribution in [3.63, 3.8) is 0 Å². The number of ether oxygens (including phenoxy) is 1. The summed E-state index contributed by atoms with van der Waals surface area (Å²) >= 11 is 11.8. The molecule has 3 rings (SSSR count). The Kier molecular flexibility index (Phi) is 4.55. The Balaban J connectivity index is 1.56. The maximum atomic E-state index is 11.9. The van der Waals surface area contributed by atoms with Gasteiger partial charge in [-0.05, 0) is 41.7 Å². The Bertz CT molecular complexity index is 703. The second-order valence-electron chi connectivity index (χ2n) is 5.23. The van der Waals surface area contributed by atoms with Crippen LogP contribution in [0.15, 0.2) is 42.5 Å². The van der Waals surface area contributed by atoms with Gasteiger partial charge in [0.05, 0.1) is 10.0 Å². The average molecular weight is 336 g/mol. The molecule has 0 saturated carbocycles. The van der Waals surface area contributed by atoms with E-state index in [0.29, 0.717) is 16.6 Å². The first-order chi connectivity index (χ1) is 10.6. The first-order valence-electron chi connectivity index (χ1n) is 7.09. The van der Waals surface area contributed by atoms with Crippen LogP contribution in [0.3, 0.4) is 0 Å². The molecular weight excluding hydrogens is 321 g/mol. The summed E-state index contributed by atoms with van der Waals surface area (Å²) in [4.78, 5) is 11.9. The number of fused-ring (bicyclic) bond motifs is 1. The van der Waals surface area contributed by atoms with E-state index in [2.05, 4.69) is 11.4 Å². The second kappa shape index (κ2) is 6.59. The Morgan fingerprint density at radius 2 is 2.00 bits per heavy atom. The van der Waals surface area contributed by atoms with E-state index >= 15 is 0 Å². The van der Waals surface area contributed by atoms with Crippen LogP contribution in [0, 0.1) is 0 Å². The standard InChI is InChI=1S/C17H15Cl2NO2/c18-14-7-5-11(9-15(14)19)10-20-17(21)22-16-8-6-12-3-1-2-4-13(12)16/h1-5,7,9,16H,6,8,10H2,(H,20,21). The molecule has 0 saturated heterocycles. The van der Waals surface area contributed by atoms with Gasteiger partial charge in [0.1, 0.15) is 6.10 Å². The summed E-state index contributed by atoms with van der Waals surface area (Å²) in [5, 5.41) is 3.71. The number of hydrogen-bond acceptors (Lipinski definition) is 2. The van der Waals surface area contributed by atoms with Crippen LogP contribution in [0.4, 0.5) is 4.79 Å². The number of carbonyl (C=O) groups excluding carboxylic acids is 1. The molecule has 1 unspecified atom stereocenters. The minimum absolute atomic E-state index is 0.162. The lowest BCUT2D eigenvalue weighted by atomic mass is 10.1. The summed E-state index contributed by atoms with van der Waals surface area (Å²) in [6.07, 6.45) is 1.19. The fourth-order valence-corrected chi connectivity index (χ4v) is 2.96. The van der Waals surface area contributed by atoms with Crippen LogP contribution in [0.25, 0.3) is 0 Å². The van der Waals surface area contributed by atoms with Crippen LogP contribution in [0.5, 0.6) is 0 Å². The van der Waals surface area contributed by atoms with Gasteiger partial charge in [-0.3, -0.25) is 0 Å². The molecule has 1 atom stereocenters. The number of rotatable bonds is 3. The lowest BCUT2D eigenvalue weighted by Gasteiger charge is -2.14. The molecule has 2 aromatic rings. The molecule has 1 N–H and O–H groups in total. The quantitative estimate of drug-likeness (QED) is 0.865. The van der Waals surface area contributed by atoms with E-state index in [4.69, 9.17) is 27.9 Å². The van der Waals surface area contributed by atoms with Gasteiger partial charge in [0.15, 0.2) is 0 Å². The summed E-state index contributed by atoms with van der Waals surface area (Å²) in [6.45, 7) is 0.351. The van der Waals surface area contributed by atoms with Gasteiger partial charge in [0.2, 0.25) is 0 Å². The van der Waals surface area contributed by atoms with Gasteiger partial charge in [-0.25, -0.2) is 4.79 Å². The number of benzene rings is 2. The SMILES string of the molecule is O=C(NCc1ccc(Cl)c(Cl)c1)OC1CCc2ccccc21. The van der Waals surface area contributed by atoms with Gasteiger partial charge >= 0.3 is 6.09 Å². The molecule has 5 heteroatoms. The van der Waals surface area contributed by atoms with Crippen LogP contribution in [-0.2, 0) is 17.7 Å². The number of carbonyl (C=O) groups is 1. The summed E-state index contributed by atoms with van der Waals surface area (Å²) in [5.41, 5.74) is 3.23. The highest BCUT2D eigenvalue weighted by Crippen LogP contribution is 2.33. The van der Waals surface area contributed by atoms with Crippen molar-refractivity contribution < 1.29 is 9.53 Å². The number of halogens is 2. The van der Waals surface area contributed by atoms with Crippen molar-refractivity contribution in [2.75, 3.05) is 0 Å². The first kappa shape index (κ1) is 15.2. The van der Waals surface area contributed by atoms with E-state index < -0.39 is 6.09 Å². The van der Waals surface area contributed by atoms with Crippen molar-refractivity contribution in [1.29, 1.82) is 0 Å². The van der Waals surface area contributed by atoms with E-state index in [1.54, 1.807) is 12.1 Å². The van der Waals surface area contributed by atoms with Gasteiger partial charge in [-0.1, -0.05) is 53.5 Å². The maximum absolute atomic E-state index is 11.9. The summed E-state index contributed by atoms with van der Waals surface area (Å²) < 4.78 is 5.50. The van der Waals surface area contributed by atoms with Gasteiger partial charge in [0.25, 0.3) is 0 Å². The predicted molar refractivity (Wildman–Crippen MR) is 87.3 cm³/mol. The number of hydrogen-bond donors (Lipinski definition) is 1. The third-order valence-electron chi connectivity index (χ3n) is 3.75. The highest BCUT2D eigenvalue weighted by Gasteiger charge is 2.25. The topological polar surface area (TPSA) is 38.3 Å². The largest absolute Gasteiger partial charge is 0.441 e. The third-order valence-corrected chi connectivity index (χ3v) is 4.49. The number of aryl methyl sites for hydroxylation is 1. The summed E-state index contributed by atoms with van der Waals surface area (Å²) in [7, 11) is 0. The molecule has 0 radical (unpaired) electrons. The zero-order chi connectivity index (χ0) is 15.5. The van der Waals surface area contributed by atoms with E-state index in [9.17, 15) is 4.79 Å².